The summed E-state index contributed by atoms with van der Waals surface area (Å²) in [5.74, 6) is -0.423. The standard InChI is InChI=1S/C26H27N3O4S/c1-19-10-14-23(15-11-19)34(32,33)29(22-7-4-3-5-8-22)18-25(30)27-21-13-12-20(2)24(17-21)28-16-6-9-26(28)31/h3-5,7-8,10-15,17H,6,9,16,18H2,1-2H3,(H,27,30). The molecule has 8 heteroatoms. The van der Waals surface area contributed by atoms with Gasteiger partial charge >= 0.3 is 0 Å². The number of nitrogens with one attached hydrogen (secondary N) is 1. The number of nitrogens with zero attached hydrogens (tertiary/aromatic N) is 2. The second-order valence-corrected chi connectivity index (χ2v) is 10.2. The maximum Gasteiger partial charge on any atom is 0.264 e. The molecular formula is C26H27N3O4S. The first-order valence-corrected chi connectivity index (χ1v) is 12.5. The van der Waals surface area contributed by atoms with Gasteiger partial charge in [0.25, 0.3) is 10.0 Å². The minimum absolute atomic E-state index is 0.0611. The number of hydrogen-bond acceptors (Lipinski definition) is 4. The van der Waals surface area contributed by atoms with Gasteiger partial charge in [0.1, 0.15) is 6.54 Å². The van der Waals surface area contributed by atoms with Crippen molar-refractivity contribution in [2.24, 2.45) is 0 Å². The summed E-state index contributed by atoms with van der Waals surface area (Å²) in [5, 5.41) is 2.80. The summed E-state index contributed by atoms with van der Waals surface area (Å²) in [6.07, 6.45) is 1.32. The zero-order valence-electron chi connectivity index (χ0n) is 19.2. The lowest BCUT2D eigenvalue weighted by atomic mass is 10.1. The summed E-state index contributed by atoms with van der Waals surface area (Å²) in [5.41, 5.74) is 3.53. The number of para-hydroxylation sites is 1. The number of hydrogen-bond donors (Lipinski definition) is 1. The van der Waals surface area contributed by atoms with Gasteiger partial charge < -0.3 is 10.2 Å². The summed E-state index contributed by atoms with van der Waals surface area (Å²) < 4.78 is 28.0. The van der Waals surface area contributed by atoms with E-state index in [1.807, 2.05) is 19.9 Å². The van der Waals surface area contributed by atoms with Crippen LogP contribution in [0.25, 0.3) is 0 Å². The van der Waals surface area contributed by atoms with Crippen molar-refractivity contribution in [3.8, 4) is 0 Å². The van der Waals surface area contributed by atoms with Crippen LogP contribution in [0.3, 0.4) is 0 Å². The van der Waals surface area contributed by atoms with Gasteiger partial charge in [-0.3, -0.25) is 13.9 Å². The molecule has 1 aliphatic heterocycles. The number of rotatable bonds is 7. The van der Waals surface area contributed by atoms with Crippen molar-refractivity contribution in [3.05, 3.63) is 83.9 Å². The fourth-order valence-corrected chi connectivity index (χ4v) is 5.38. The molecule has 176 valence electrons. The van der Waals surface area contributed by atoms with Crippen molar-refractivity contribution < 1.29 is 18.0 Å². The third-order valence-electron chi connectivity index (χ3n) is 5.80. The Labute approximate surface area is 200 Å². The lowest BCUT2D eigenvalue weighted by molar-refractivity contribution is -0.117. The Bertz CT molecular complexity index is 1310. The minimum Gasteiger partial charge on any atom is -0.324 e. The Morgan fingerprint density at radius 1 is 1.00 bits per heavy atom. The average Bonchev–Trinajstić information content (AvgIpc) is 3.25. The molecule has 0 spiro atoms. The van der Waals surface area contributed by atoms with Crippen LogP contribution in [0.4, 0.5) is 17.1 Å². The molecule has 0 aliphatic carbocycles. The maximum atomic E-state index is 13.4. The van der Waals surface area contributed by atoms with Gasteiger partial charge in [0.2, 0.25) is 11.8 Å². The topological polar surface area (TPSA) is 86.8 Å². The van der Waals surface area contributed by atoms with E-state index in [1.54, 1.807) is 59.5 Å². The van der Waals surface area contributed by atoms with Crippen LogP contribution in [-0.4, -0.2) is 33.3 Å². The Kier molecular flexibility index (Phi) is 6.70. The molecule has 3 aromatic rings. The second kappa shape index (κ2) is 9.69. The molecule has 1 fully saturated rings. The van der Waals surface area contributed by atoms with Gasteiger partial charge in [-0.1, -0.05) is 42.0 Å². The van der Waals surface area contributed by atoms with Crippen LogP contribution < -0.4 is 14.5 Å². The molecule has 0 atom stereocenters. The third kappa shape index (κ3) is 4.97. The maximum absolute atomic E-state index is 13.4. The van der Waals surface area contributed by atoms with E-state index in [9.17, 15) is 18.0 Å². The SMILES string of the molecule is Cc1ccc(S(=O)(=O)N(CC(=O)Nc2ccc(C)c(N3CCCC3=O)c2)c2ccccc2)cc1. The quantitative estimate of drug-likeness (QED) is 0.551. The lowest BCUT2D eigenvalue weighted by Gasteiger charge is -2.24. The highest BCUT2D eigenvalue weighted by Crippen LogP contribution is 2.29. The van der Waals surface area contributed by atoms with E-state index in [0.29, 0.717) is 24.3 Å². The molecule has 2 amide bonds. The van der Waals surface area contributed by atoms with Crippen molar-refractivity contribution in [2.75, 3.05) is 27.6 Å². The smallest absolute Gasteiger partial charge is 0.264 e. The second-order valence-electron chi connectivity index (χ2n) is 8.36. The van der Waals surface area contributed by atoms with E-state index in [0.717, 1.165) is 27.5 Å². The van der Waals surface area contributed by atoms with Crippen LogP contribution in [0.5, 0.6) is 0 Å². The van der Waals surface area contributed by atoms with Gasteiger partial charge in [-0.15, -0.1) is 0 Å². The predicted octanol–water partition coefficient (Wildman–Crippen LogP) is 4.26. The van der Waals surface area contributed by atoms with Crippen molar-refractivity contribution in [2.45, 2.75) is 31.6 Å². The number of sulfonamides is 1. The zero-order valence-corrected chi connectivity index (χ0v) is 20.0. The largest absolute Gasteiger partial charge is 0.324 e. The van der Waals surface area contributed by atoms with Crippen LogP contribution in [0.2, 0.25) is 0 Å². The number of amides is 2. The molecule has 1 heterocycles. The number of carbonyl (C=O) groups is 2. The van der Waals surface area contributed by atoms with E-state index >= 15 is 0 Å². The normalized spacial score (nSPS) is 13.7. The molecule has 0 unspecified atom stereocenters. The summed E-state index contributed by atoms with van der Waals surface area (Å²) >= 11 is 0. The van der Waals surface area contributed by atoms with Gasteiger partial charge in [0.05, 0.1) is 10.6 Å². The molecule has 0 radical (unpaired) electrons. The molecule has 0 bridgehead atoms. The highest BCUT2D eigenvalue weighted by atomic mass is 32.2. The summed E-state index contributed by atoms with van der Waals surface area (Å²) in [6, 6.07) is 20.4. The Morgan fingerprint density at radius 3 is 2.35 bits per heavy atom. The molecule has 7 nitrogen and oxygen atoms in total. The van der Waals surface area contributed by atoms with Crippen LogP contribution in [0.15, 0.2) is 77.7 Å². The fourth-order valence-electron chi connectivity index (χ4n) is 3.96. The van der Waals surface area contributed by atoms with Crippen LogP contribution in [-0.2, 0) is 19.6 Å². The molecule has 3 aromatic carbocycles. The molecule has 1 N–H and O–H groups in total. The van der Waals surface area contributed by atoms with Crippen molar-refractivity contribution in [1.82, 2.24) is 0 Å². The van der Waals surface area contributed by atoms with Gasteiger partial charge in [-0.25, -0.2) is 8.42 Å². The third-order valence-corrected chi connectivity index (χ3v) is 7.59. The first-order valence-electron chi connectivity index (χ1n) is 11.1. The molecule has 4 rings (SSSR count). The number of carbonyl (C=O) groups excluding carboxylic acids is 2. The highest BCUT2D eigenvalue weighted by molar-refractivity contribution is 7.92. The monoisotopic (exact) mass is 477 g/mol. The van der Waals surface area contributed by atoms with Crippen LogP contribution in [0.1, 0.15) is 24.0 Å². The van der Waals surface area contributed by atoms with Crippen LogP contribution in [0, 0.1) is 13.8 Å². The van der Waals surface area contributed by atoms with E-state index < -0.39 is 22.5 Å². The fraction of sp³-hybridized carbons (Fsp3) is 0.231. The van der Waals surface area contributed by atoms with E-state index in [-0.39, 0.29) is 10.8 Å². The summed E-state index contributed by atoms with van der Waals surface area (Å²) in [6.45, 7) is 4.04. The number of anilines is 3. The lowest BCUT2D eigenvalue weighted by Crippen LogP contribution is -2.38. The van der Waals surface area contributed by atoms with E-state index in [2.05, 4.69) is 5.32 Å². The zero-order chi connectivity index (χ0) is 24.3. The minimum atomic E-state index is -3.97. The first-order chi connectivity index (χ1) is 16.3. The molecule has 1 saturated heterocycles. The number of aryl methyl sites for hydroxylation is 2. The number of benzene rings is 3. The first kappa shape index (κ1) is 23.5. The van der Waals surface area contributed by atoms with Crippen molar-refractivity contribution in [3.63, 3.8) is 0 Å². The Hall–Kier alpha value is -3.65. The predicted molar refractivity (Wildman–Crippen MR) is 134 cm³/mol. The Balaban J connectivity index is 1.60. The molecule has 1 aliphatic rings. The average molecular weight is 478 g/mol. The highest BCUT2D eigenvalue weighted by Gasteiger charge is 2.28. The van der Waals surface area contributed by atoms with E-state index in [4.69, 9.17) is 0 Å². The van der Waals surface area contributed by atoms with Crippen LogP contribution >= 0.6 is 0 Å². The molecular weight excluding hydrogens is 450 g/mol. The van der Waals surface area contributed by atoms with E-state index in [1.165, 1.54) is 12.1 Å². The van der Waals surface area contributed by atoms with Crippen molar-refractivity contribution in [1.29, 1.82) is 0 Å². The van der Waals surface area contributed by atoms with Gasteiger partial charge in [0.15, 0.2) is 0 Å². The van der Waals surface area contributed by atoms with Gasteiger partial charge in [-0.05, 0) is 62.2 Å². The van der Waals surface area contributed by atoms with Gasteiger partial charge in [-0.2, -0.15) is 0 Å². The Morgan fingerprint density at radius 2 is 1.71 bits per heavy atom. The summed E-state index contributed by atoms with van der Waals surface area (Å²) in [4.78, 5) is 27.0. The van der Waals surface area contributed by atoms with Crippen molar-refractivity contribution >= 4 is 38.9 Å². The molecule has 34 heavy (non-hydrogen) atoms. The molecule has 0 saturated carbocycles. The summed E-state index contributed by atoms with van der Waals surface area (Å²) in [7, 11) is -3.97. The van der Waals surface area contributed by atoms with Gasteiger partial charge in [0, 0.05) is 24.3 Å². The molecule has 0 aromatic heterocycles.